The molecule has 0 amide bonds. The van der Waals surface area contributed by atoms with Crippen molar-refractivity contribution in [3.63, 3.8) is 0 Å². The number of phenols is 1. The lowest BCUT2D eigenvalue weighted by molar-refractivity contribution is -0.277. The lowest BCUT2D eigenvalue weighted by Gasteiger charge is -2.39. The first-order valence-electron chi connectivity index (χ1n) is 8.77. The van der Waals surface area contributed by atoms with E-state index in [2.05, 4.69) is 0 Å². The Balaban J connectivity index is 1.69. The van der Waals surface area contributed by atoms with Crippen molar-refractivity contribution in [1.29, 1.82) is 0 Å². The first-order chi connectivity index (χ1) is 13.8. The van der Waals surface area contributed by atoms with Gasteiger partial charge in [-0.25, -0.2) is 0 Å². The number of benzene rings is 2. The lowest BCUT2D eigenvalue weighted by Crippen LogP contribution is -2.60. The fourth-order valence-electron chi connectivity index (χ4n) is 2.86. The number of ether oxygens (including phenoxy) is 2. The Labute approximate surface area is 165 Å². The molecule has 0 radical (unpaired) electrons. The number of aliphatic hydroxyl groups is 4. The summed E-state index contributed by atoms with van der Waals surface area (Å²) in [6.45, 7) is -0.586. The maximum atomic E-state index is 12.3. The topological polar surface area (TPSA) is 154 Å². The van der Waals surface area contributed by atoms with Crippen LogP contribution in [0, 0.1) is 0 Å². The van der Waals surface area contributed by atoms with Crippen LogP contribution in [0.15, 0.2) is 48.5 Å². The minimum atomic E-state index is -1.57. The van der Waals surface area contributed by atoms with Crippen LogP contribution in [0.25, 0.3) is 0 Å². The highest BCUT2D eigenvalue weighted by molar-refractivity contribution is 6.49. The first-order valence-corrected chi connectivity index (χ1v) is 8.77. The van der Waals surface area contributed by atoms with Crippen LogP contribution in [0.1, 0.15) is 20.7 Å². The third kappa shape index (κ3) is 4.44. The minimum absolute atomic E-state index is 0.0244. The summed E-state index contributed by atoms with van der Waals surface area (Å²) in [4.78, 5) is 24.6. The summed E-state index contributed by atoms with van der Waals surface area (Å²) in [5.74, 6) is -1.35. The summed E-state index contributed by atoms with van der Waals surface area (Å²) < 4.78 is 10.7. The van der Waals surface area contributed by atoms with Crippen LogP contribution in [0.3, 0.4) is 0 Å². The Morgan fingerprint density at radius 1 is 0.828 bits per heavy atom. The van der Waals surface area contributed by atoms with Crippen molar-refractivity contribution in [3.05, 3.63) is 59.7 Å². The molecule has 5 atom stereocenters. The van der Waals surface area contributed by atoms with Gasteiger partial charge in [-0.15, -0.1) is 0 Å². The normalized spacial score (nSPS) is 26.7. The Hall–Kier alpha value is -2.82. The number of carbonyl (C=O) groups excluding carboxylic acids is 2. The van der Waals surface area contributed by atoms with Crippen molar-refractivity contribution in [2.24, 2.45) is 0 Å². The molecular weight excluding hydrogens is 384 g/mol. The van der Waals surface area contributed by atoms with E-state index < -0.39 is 48.9 Å². The molecule has 2 aromatic rings. The molecule has 0 aliphatic carbocycles. The van der Waals surface area contributed by atoms with Crippen LogP contribution in [-0.2, 0) is 4.74 Å². The molecule has 1 saturated heterocycles. The molecule has 154 valence electrons. The third-order valence-electron chi connectivity index (χ3n) is 4.55. The highest BCUT2D eigenvalue weighted by atomic mass is 16.7. The van der Waals surface area contributed by atoms with Crippen molar-refractivity contribution in [3.8, 4) is 11.5 Å². The van der Waals surface area contributed by atoms with Gasteiger partial charge < -0.3 is 35.0 Å². The van der Waals surface area contributed by atoms with E-state index in [-0.39, 0.29) is 22.6 Å². The minimum Gasteiger partial charge on any atom is -0.508 e. The number of phenolic OH excluding ortho intramolecular Hbond substituents is 1. The fourth-order valence-corrected chi connectivity index (χ4v) is 2.86. The molecule has 2 aromatic carbocycles. The average Bonchev–Trinajstić information content (AvgIpc) is 2.74. The van der Waals surface area contributed by atoms with Crippen LogP contribution in [0.2, 0.25) is 0 Å². The molecule has 1 aliphatic heterocycles. The van der Waals surface area contributed by atoms with E-state index in [1.54, 1.807) is 0 Å². The van der Waals surface area contributed by atoms with Gasteiger partial charge in [0, 0.05) is 11.1 Å². The SMILES string of the molecule is O=C(C(=O)c1ccc(O[C@@H]2O[C@H](CO)[C@@H](O)[C@H](O)[C@H]2O)cc1)c1ccc(O)cc1. The molecule has 1 heterocycles. The molecule has 0 unspecified atom stereocenters. The molecule has 1 fully saturated rings. The highest BCUT2D eigenvalue weighted by Crippen LogP contribution is 2.25. The predicted octanol–water partition coefficient (Wildman–Crippen LogP) is -0.364. The van der Waals surface area contributed by atoms with Crippen LogP contribution >= 0.6 is 0 Å². The fraction of sp³-hybridized carbons (Fsp3) is 0.300. The largest absolute Gasteiger partial charge is 0.508 e. The molecule has 3 rings (SSSR count). The standard InChI is InChI=1S/C20H20O9/c21-9-14-17(25)18(26)19(27)20(29-14)28-13-7-3-11(4-8-13)16(24)15(23)10-1-5-12(22)6-2-10/h1-8,14,17-22,25-27H,9H2/t14-,17-,18+,19-,20-/m1/s1. The van der Waals surface area contributed by atoms with E-state index in [1.165, 1.54) is 48.5 Å². The maximum Gasteiger partial charge on any atom is 0.233 e. The van der Waals surface area contributed by atoms with Gasteiger partial charge in [-0.05, 0) is 48.5 Å². The van der Waals surface area contributed by atoms with Gasteiger partial charge >= 0.3 is 0 Å². The van der Waals surface area contributed by atoms with Gasteiger partial charge in [-0.3, -0.25) is 9.59 Å². The van der Waals surface area contributed by atoms with Crippen LogP contribution < -0.4 is 4.74 Å². The predicted molar refractivity (Wildman–Crippen MR) is 97.6 cm³/mol. The van der Waals surface area contributed by atoms with Crippen LogP contribution in [0.5, 0.6) is 11.5 Å². The zero-order valence-electron chi connectivity index (χ0n) is 15.1. The number of hydrogen-bond donors (Lipinski definition) is 5. The monoisotopic (exact) mass is 404 g/mol. The second-order valence-corrected chi connectivity index (χ2v) is 6.54. The number of rotatable bonds is 6. The van der Waals surface area contributed by atoms with Gasteiger partial charge in [-0.2, -0.15) is 0 Å². The second kappa shape index (κ2) is 8.68. The first kappa shape index (κ1) is 20.9. The van der Waals surface area contributed by atoms with Gasteiger partial charge in [0.2, 0.25) is 17.9 Å². The van der Waals surface area contributed by atoms with E-state index in [0.29, 0.717) is 0 Å². The molecule has 0 spiro atoms. The van der Waals surface area contributed by atoms with Gasteiger partial charge in [0.15, 0.2) is 0 Å². The quantitative estimate of drug-likeness (QED) is 0.321. The Morgan fingerprint density at radius 3 is 1.86 bits per heavy atom. The van der Waals surface area contributed by atoms with E-state index in [0.717, 1.165) is 0 Å². The van der Waals surface area contributed by atoms with Crippen molar-refractivity contribution in [2.75, 3.05) is 6.61 Å². The zero-order chi connectivity index (χ0) is 21.1. The summed E-state index contributed by atoms with van der Waals surface area (Å²) >= 11 is 0. The summed E-state index contributed by atoms with van der Waals surface area (Å²) in [6, 6.07) is 10.7. The van der Waals surface area contributed by atoms with E-state index in [4.69, 9.17) is 9.47 Å². The average molecular weight is 404 g/mol. The summed E-state index contributed by atoms with van der Waals surface area (Å²) in [6.07, 6.45) is -7.10. The van der Waals surface area contributed by atoms with Gasteiger partial charge in [0.1, 0.15) is 35.9 Å². The maximum absolute atomic E-state index is 12.3. The van der Waals surface area contributed by atoms with Gasteiger partial charge in [0.05, 0.1) is 6.61 Å². The molecular formula is C20H20O9. The Kier molecular flexibility index (Phi) is 6.26. The van der Waals surface area contributed by atoms with Crippen molar-refractivity contribution in [2.45, 2.75) is 30.7 Å². The van der Waals surface area contributed by atoms with Crippen LogP contribution in [0.4, 0.5) is 0 Å². The van der Waals surface area contributed by atoms with E-state index in [9.17, 15) is 35.1 Å². The van der Waals surface area contributed by atoms with Crippen LogP contribution in [-0.4, -0.2) is 74.4 Å². The smallest absolute Gasteiger partial charge is 0.233 e. The molecule has 9 nitrogen and oxygen atoms in total. The van der Waals surface area contributed by atoms with Crippen molar-refractivity contribution < 1.29 is 44.6 Å². The van der Waals surface area contributed by atoms with E-state index in [1.807, 2.05) is 0 Å². The van der Waals surface area contributed by atoms with Gasteiger partial charge in [-0.1, -0.05) is 0 Å². The molecule has 1 aliphatic rings. The van der Waals surface area contributed by atoms with E-state index >= 15 is 0 Å². The molecule has 5 N–H and O–H groups in total. The molecule has 9 heteroatoms. The number of aliphatic hydroxyl groups excluding tert-OH is 4. The third-order valence-corrected chi connectivity index (χ3v) is 4.55. The number of ketones is 2. The number of Topliss-reactive ketones (excluding diaryl/α,β-unsaturated/α-hetero) is 2. The molecule has 29 heavy (non-hydrogen) atoms. The molecule has 0 bridgehead atoms. The highest BCUT2D eigenvalue weighted by Gasteiger charge is 2.44. The second-order valence-electron chi connectivity index (χ2n) is 6.54. The van der Waals surface area contributed by atoms with Gasteiger partial charge in [0.25, 0.3) is 0 Å². The molecule has 0 aromatic heterocycles. The zero-order valence-corrected chi connectivity index (χ0v) is 15.1. The lowest BCUT2D eigenvalue weighted by atomic mass is 9.99. The Morgan fingerprint density at radius 2 is 1.34 bits per heavy atom. The number of hydrogen-bond acceptors (Lipinski definition) is 9. The number of aromatic hydroxyl groups is 1. The van der Waals surface area contributed by atoms with Crippen molar-refractivity contribution >= 4 is 11.6 Å². The molecule has 0 saturated carbocycles. The number of carbonyl (C=O) groups is 2. The van der Waals surface area contributed by atoms with Crippen molar-refractivity contribution in [1.82, 2.24) is 0 Å². The summed E-state index contributed by atoms with van der Waals surface area (Å²) in [5.41, 5.74) is 0.235. The summed E-state index contributed by atoms with van der Waals surface area (Å²) in [7, 11) is 0. The summed E-state index contributed by atoms with van der Waals surface area (Å²) in [5, 5.41) is 48.0. The Bertz CT molecular complexity index is 861.